The molecule has 2 N–H and O–H groups in total. The van der Waals surface area contributed by atoms with E-state index in [1.165, 1.54) is 0 Å². The molecule has 1 saturated carbocycles. The van der Waals surface area contributed by atoms with Gasteiger partial charge in [0.25, 0.3) is 0 Å². The van der Waals surface area contributed by atoms with Crippen LogP contribution in [-0.4, -0.2) is 44.4 Å². The van der Waals surface area contributed by atoms with E-state index >= 15 is 0 Å². The van der Waals surface area contributed by atoms with E-state index in [0.29, 0.717) is 23.0 Å². The molecule has 0 radical (unpaired) electrons. The van der Waals surface area contributed by atoms with Crippen LogP contribution in [0, 0.1) is 0 Å². The number of hydroxylamine groups is 4. The predicted octanol–water partition coefficient (Wildman–Crippen LogP) is 0.137. The zero-order valence-electron chi connectivity index (χ0n) is 8.30. The van der Waals surface area contributed by atoms with Gasteiger partial charge in [-0.1, -0.05) is 19.3 Å². The molecular formula is C9H14N2O4. The fraction of sp³-hybridized carbons (Fsp3) is 0.778. The first-order valence-corrected chi connectivity index (χ1v) is 5.17. The van der Waals surface area contributed by atoms with Crippen molar-refractivity contribution in [1.82, 2.24) is 10.1 Å². The summed E-state index contributed by atoms with van der Waals surface area (Å²) in [6.07, 6.45) is 4.03. The number of hydrogen-bond donors (Lipinski definition) is 2. The van der Waals surface area contributed by atoms with Gasteiger partial charge in [-0.15, -0.1) is 0 Å². The van der Waals surface area contributed by atoms with Gasteiger partial charge in [0, 0.05) is 0 Å². The molecule has 2 amide bonds. The molecular weight excluding hydrogens is 200 g/mol. The van der Waals surface area contributed by atoms with Crippen molar-refractivity contribution in [3.8, 4) is 0 Å². The van der Waals surface area contributed by atoms with Crippen LogP contribution in [0.1, 0.15) is 32.1 Å². The Morgan fingerprint density at radius 2 is 1.27 bits per heavy atom. The Balaban J connectivity index is 2.25. The van der Waals surface area contributed by atoms with Crippen LogP contribution in [0.25, 0.3) is 0 Å². The first-order chi connectivity index (χ1) is 7.13. The minimum Gasteiger partial charge on any atom is -0.285 e. The molecule has 6 nitrogen and oxygen atoms in total. The lowest BCUT2D eigenvalue weighted by atomic mass is 9.99. The van der Waals surface area contributed by atoms with E-state index in [9.17, 15) is 20.0 Å². The Morgan fingerprint density at radius 3 is 1.67 bits per heavy atom. The molecule has 0 aromatic carbocycles. The van der Waals surface area contributed by atoms with E-state index in [0.717, 1.165) is 19.3 Å². The molecule has 2 aliphatic rings. The number of fused-ring (bicyclic) bond motifs is 1. The van der Waals surface area contributed by atoms with Gasteiger partial charge in [0.1, 0.15) is 0 Å². The molecule has 0 spiro atoms. The van der Waals surface area contributed by atoms with Crippen molar-refractivity contribution >= 4 is 11.8 Å². The van der Waals surface area contributed by atoms with E-state index < -0.39 is 23.9 Å². The molecule has 0 aromatic heterocycles. The molecule has 2 rings (SSSR count). The molecule has 1 heterocycles. The second-order valence-corrected chi connectivity index (χ2v) is 4.07. The number of piperazine rings is 1. The van der Waals surface area contributed by atoms with Gasteiger partial charge >= 0.3 is 11.8 Å². The quantitative estimate of drug-likeness (QED) is 0.444. The average molecular weight is 214 g/mol. The summed E-state index contributed by atoms with van der Waals surface area (Å²) in [5, 5.41) is 20.0. The summed E-state index contributed by atoms with van der Waals surface area (Å²) in [4.78, 5) is 22.5. The minimum atomic E-state index is -1.04. The normalized spacial score (nSPS) is 32.7. The smallest absolute Gasteiger partial charge is 0.285 e. The van der Waals surface area contributed by atoms with Crippen molar-refractivity contribution in [3.05, 3.63) is 0 Å². The molecule has 2 fully saturated rings. The summed E-state index contributed by atoms with van der Waals surface area (Å²) in [5.41, 5.74) is 0. The summed E-state index contributed by atoms with van der Waals surface area (Å²) >= 11 is 0. The molecule has 15 heavy (non-hydrogen) atoms. The SMILES string of the molecule is O=C1C(=O)N(O)[C@H]2CCCCC[C@H]2N1O. The van der Waals surface area contributed by atoms with E-state index in [1.54, 1.807) is 0 Å². The Kier molecular flexibility index (Phi) is 2.62. The summed E-state index contributed by atoms with van der Waals surface area (Å²) in [6, 6.07) is -0.912. The maximum Gasteiger partial charge on any atom is 0.337 e. The molecule has 1 saturated heterocycles. The molecule has 0 unspecified atom stereocenters. The van der Waals surface area contributed by atoms with Crippen LogP contribution in [-0.2, 0) is 9.59 Å². The van der Waals surface area contributed by atoms with Crippen LogP contribution in [0.4, 0.5) is 0 Å². The van der Waals surface area contributed by atoms with E-state index in [-0.39, 0.29) is 0 Å². The maximum atomic E-state index is 11.2. The van der Waals surface area contributed by atoms with Crippen molar-refractivity contribution in [3.63, 3.8) is 0 Å². The lowest BCUT2D eigenvalue weighted by Gasteiger charge is -2.39. The first kappa shape index (κ1) is 10.4. The zero-order chi connectivity index (χ0) is 11.0. The number of rotatable bonds is 0. The van der Waals surface area contributed by atoms with E-state index in [4.69, 9.17) is 0 Å². The monoisotopic (exact) mass is 214 g/mol. The van der Waals surface area contributed by atoms with Crippen molar-refractivity contribution < 1.29 is 20.0 Å². The average Bonchev–Trinajstić information content (AvgIpc) is 2.48. The lowest BCUT2D eigenvalue weighted by Crippen LogP contribution is -2.62. The fourth-order valence-corrected chi connectivity index (χ4v) is 2.34. The predicted molar refractivity (Wildman–Crippen MR) is 47.9 cm³/mol. The lowest BCUT2D eigenvalue weighted by molar-refractivity contribution is -0.233. The van der Waals surface area contributed by atoms with Crippen molar-refractivity contribution in [1.29, 1.82) is 0 Å². The molecule has 0 aromatic rings. The molecule has 6 heteroatoms. The maximum absolute atomic E-state index is 11.2. The molecule has 84 valence electrons. The fourth-order valence-electron chi connectivity index (χ4n) is 2.34. The van der Waals surface area contributed by atoms with Crippen LogP contribution in [0.3, 0.4) is 0 Å². The standard InChI is InChI=1S/C9H14N2O4/c12-8-9(13)11(15)7-5-3-1-2-4-6(7)10(8)14/h6-7,14-15H,1-5H2/t6-,7+. The van der Waals surface area contributed by atoms with Crippen LogP contribution in [0.15, 0.2) is 0 Å². The van der Waals surface area contributed by atoms with E-state index in [2.05, 4.69) is 0 Å². The minimum absolute atomic E-state index is 0.456. The summed E-state index contributed by atoms with van der Waals surface area (Å²) in [7, 11) is 0. The van der Waals surface area contributed by atoms with Crippen LogP contribution in [0.5, 0.6) is 0 Å². The van der Waals surface area contributed by atoms with Gasteiger partial charge in [0.15, 0.2) is 0 Å². The molecule has 0 bridgehead atoms. The summed E-state index contributed by atoms with van der Waals surface area (Å²) < 4.78 is 0. The number of hydrogen-bond acceptors (Lipinski definition) is 4. The van der Waals surface area contributed by atoms with E-state index in [1.807, 2.05) is 0 Å². The Morgan fingerprint density at radius 1 is 0.867 bits per heavy atom. The van der Waals surface area contributed by atoms with Crippen molar-refractivity contribution in [2.45, 2.75) is 44.2 Å². The third kappa shape index (κ3) is 1.59. The number of nitrogens with zero attached hydrogens (tertiary/aromatic N) is 2. The van der Waals surface area contributed by atoms with Crippen LogP contribution >= 0.6 is 0 Å². The molecule has 2 atom stereocenters. The Hall–Kier alpha value is -1.14. The van der Waals surface area contributed by atoms with Crippen molar-refractivity contribution in [2.24, 2.45) is 0 Å². The topological polar surface area (TPSA) is 81.1 Å². The number of carbonyl (C=O) groups excluding carboxylic acids is 2. The molecule has 1 aliphatic heterocycles. The Labute approximate surface area is 87.0 Å². The van der Waals surface area contributed by atoms with Gasteiger partial charge in [-0.3, -0.25) is 20.0 Å². The van der Waals surface area contributed by atoms with Gasteiger partial charge in [0.05, 0.1) is 12.1 Å². The third-order valence-corrected chi connectivity index (χ3v) is 3.17. The van der Waals surface area contributed by atoms with Gasteiger partial charge in [-0.05, 0) is 12.8 Å². The van der Waals surface area contributed by atoms with Crippen molar-refractivity contribution in [2.75, 3.05) is 0 Å². The number of amides is 2. The zero-order valence-corrected chi connectivity index (χ0v) is 8.30. The molecule has 1 aliphatic carbocycles. The van der Waals surface area contributed by atoms with Gasteiger partial charge < -0.3 is 0 Å². The Bertz CT molecular complexity index is 266. The van der Waals surface area contributed by atoms with Crippen LogP contribution in [0.2, 0.25) is 0 Å². The second-order valence-electron chi connectivity index (χ2n) is 4.07. The van der Waals surface area contributed by atoms with Gasteiger partial charge in [-0.2, -0.15) is 0 Å². The van der Waals surface area contributed by atoms with Crippen LogP contribution < -0.4 is 0 Å². The highest BCUT2D eigenvalue weighted by Crippen LogP contribution is 2.28. The second kappa shape index (κ2) is 3.79. The third-order valence-electron chi connectivity index (χ3n) is 3.17. The first-order valence-electron chi connectivity index (χ1n) is 5.17. The van der Waals surface area contributed by atoms with Gasteiger partial charge in [-0.25, -0.2) is 10.1 Å². The number of carbonyl (C=O) groups is 2. The largest absolute Gasteiger partial charge is 0.337 e. The highest BCUT2D eigenvalue weighted by atomic mass is 16.5. The summed E-state index contributed by atoms with van der Waals surface area (Å²) in [5.74, 6) is -2.08. The highest BCUT2D eigenvalue weighted by Gasteiger charge is 2.45. The highest BCUT2D eigenvalue weighted by molar-refractivity contribution is 6.34. The van der Waals surface area contributed by atoms with Gasteiger partial charge in [0.2, 0.25) is 0 Å². The summed E-state index contributed by atoms with van der Waals surface area (Å²) in [6.45, 7) is 0.